The van der Waals surface area contributed by atoms with Crippen molar-refractivity contribution in [1.82, 2.24) is 3.53 Å². The van der Waals surface area contributed by atoms with E-state index in [1.54, 1.807) is 0 Å². The highest BCUT2D eigenvalue weighted by Gasteiger charge is 2.28. The van der Waals surface area contributed by atoms with Crippen molar-refractivity contribution in [3.63, 3.8) is 0 Å². The Morgan fingerprint density at radius 1 is 1.57 bits per heavy atom. The third-order valence-corrected chi connectivity index (χ3v) is 3.30. The van der Waals surface area contributed by atoms with Crippen LogP contribution < -0.4 is 3.53 Å². The van der Waals surface area contributed by atoms with Crippen molar-refractivity contribution in [3.8, 4) is 0 Å². The van der Waals surface area contributed by atoms with E-state index in [1.165, 1.54) is 5.57 Å². The molecule has 2 nitrogen and oxygen atoms in total. The summed E-state index contributed by atoms with van der Waals surface area (Å²) in [6, 6.07) is 0.668. The van der Waals surface area contributed by atoms with Crippen LogP contribution in [0, 0.1) is 0 Å². The van der Waals surface area contributed by atoms with Crippen LogP contribution in [0.3, 0.4) is 0 Å². The number of ether oxygens (including phenoxy) is 1. The van der Waals surface area contributed by atoms with Gasteiger partial charge < -0.3 is 4.74 Å². The first-order valence-corrected chi connectivity index (χ1v) is 6.11. The fraction of sp³-hybridized carbons (Fsp3) is 0.636. The molecular weight excluding hydrogens is 289 g/mol. The number of rotatable bonds is 5. The van der Waals surface area contributed by atoms with Gasteiger partial charge in [-0.05, 0) is 26.7 Å². The predicted molar refractivity (Wildman–Crippen MR) is 68.5 cm³/mol. The highest BCUT2D eigenvalue weighted by atomic mass is 127. The second kappa shape index (κ2) is 6.58. The molecule has 0 spiro atoms. The van der Waals surface area contributed by atoms with Crippen LogP contribution in [0.1, 0.15) is 26.7 Å². The van der Waals surface area contributed by atoms with E-state index in [0.29, 0.717) is 12.1 Å². The van der Waals surface area contributed by atoms with Crippen LogP contribution >= 0.6 is 22.9 Å². The predicted octanol–water partition coefficient (Wildman–Crippen LogP) is 3.00. The highest BCUT2D eigenvalue weighted by molar-refractivity contribution is 14.1. The Morgan fingerprint density at radius 3 is 2.86 bits per heavy atom. The molecule has 1 fully saturated rings. The van der Waals surface area contributed by atoms with Gasteiger partial charge in [0.25, 0.3) is 0 Å². The molecule has 0 aromatic heterocycles. The molecule has 80 valence electrons. The Balaban J connectivity index is 2.08. The summed E-state index contributed by atoms with van der Waals surface area (Å²) < 4.78 is 8.89. The van der Waals surface area contributed by atoms with E-state index < -0.39 is 0 Å². The van der Waals surface area contributed by atoms with E-state index in [1.807, 2.05) is 13.0 Å². The van der Waals surface area contributed by atoms with Crippen molar-refractivity contribution >= 4 is 22.9 Å². The number of hydrogen-bond donors (Lipinski definition) is 1. The lowest BCUT2D eigenvalue weighted by Crippen LogP contribution is -2.41. The van der Waals surface area contributed by atoms with Crippen molar-refractivity contribution in [2.75, 3.05) is 6.61 Å². The van der Waals surface area contributed by atoms with E-state index in [9.17, 15) is 0 Å². The van der Waals surface area contributed by atoms with Crippen LogP contribution in [-0.4, -0.2) is 18.8 Å². The first-order chi connectivity index (χ1) is 6.76. The van der Waals surface area contributed by atoms with Gasteiger partial charge in [0, 0.05) is 28.9 Å². The van der Waals surface area contributed by atoms with Gasteiger partial charge in [-0.3, -0.25) is 3.53 Å². The van der Waals surface area contributed by atoms with Gasteiger partial charge in [0.15, 0.2) is 0 Å². The van der Waals surface area contributed by atoms with Crippen LogP contribution in [0.25, 0.3) is 0 Å². The minimum atomic E-state index is 0.469. The average Bonchev–Trinajstić information content (AvgIpc) is 2.09. The maximum Gasteiger partial charge on any atom is 0.0656 e. The Kier molecular flexibility index (Phi) is 5.74. The summed E-state index contributed by atoms with van der Waals surface area (Å²) >= 11 is 2.21. The van der Waals surface area contributed by atoms with Crippen molar-refractivity contribution in [2.24, 2.45) is 0 Å². The van der Waals surface area contributed by atoms with Gasteiger partial charge in [-0.2, -0.15) is 0 Å². The van der Waals surface area contributed by atoms with Gasteiger partial charge in [-0.1, -0.05) is 23.8 Å². The SMILES string of the molecule is C/C=C\C(C)=C/COC1CC(NI)C1. The maximum absolute atomic E-state index is 5.67. The fourth-order valence-electron chi connectivity index (χ4n) is 1.44. The Morgan fingerprint density at radius 2 is 2.29 bits per heavy atom. The van der Waals surface area contributed by atoms with Crippen LogP contribution in [0.2, 0.25) is 0 Å². The molecule has 1 saturated carbocycles. The summed E-state index contributed by atoms with van der Waals surface area (Å²) in [6.45, 7) is 4.87. The molecular formula is C11H18INO. The van der Waals surface area contributed by atoms with Gasteiger partial charge >= 0.3 is 0 Å². The lowest BCUT2D eigenvalue weighted by atomic mass is 9.90. The summed E-state index contributed by atoms with van der Waals surface area (Å²) in [5, 5.41) is 0. The summed E-state index contributed by atoms with van der Waals surface area (Å²) in [5.74, 6) is 0. The van der Waals surface area contributed by atoms with E-state index in [2.05, 4.69) is 45.5 Å². The van der Waals surface area contributed by atoms with Gasteiger partial charge in [-0.25, -0.2) is 0 Å². The minimum absolute atomic E-state index is 0.469. The second-order valence-corrected chi connectivity index (χ2v) is 4.30. The zero-order valence-electron chi connectivity index (χ0n) is 8.79. The molecule has 0 aromatic rings. The van der Waals surface area contributed by atoms with Crippen molar-refractivity contribution in [1.29, 1.82) is 0 Å². The smallest absolute Gasteiger partial charge is 0.0656 e. The van der Waals surface area contributed by atoms with E-state index in [-0.39, 0.29) is 0 Å². The standard InChI is InChI=1S/C11H18INO/c1-3-4-9(2)5-6-14-11-7-10(8-11)13-12/h3-5,10-11,13H,6-8H2,1-2H3/b4-3-,9-5-. The number of nitrogens with one attached hydrogen (secondary N) is 1. The summed E-state index contributed by atoms with van der Waals surface area (Å²) in [7, 11) is 0. The van der Waals surface area contributed by atoms with Gasteiger partial charge in [0.1, 0.15) is 0 Å². The maximum atomic E-state index is 5.67. The monoisotopic (exact) mass is 307 g/mol. The van der Waals surface area contributed by atoms with E-state index in [4.69, 9.17) is 4.74 Å². The first kappa shape index (κ1) is 12.2. The molecule has 0 unspecified atom stereocenters. The average molecular weight is 307 g/mol. The molecule has 0 heterocycles. The molecule has 14 heavy (non-hydrogen) atoms. The van der Waals surface area contributed by atoms with Crippen molar-refractivity contribution in [2.45, 2.75) is 38.8 Å². The summed E-state index contributed by atoms with van der Waals surface area (Å²) in [6.07, 6.45) is 9.05. The normalized spacial score (nSPS) is 28.1. The molecule has 0 aromatic carbocycles. The zero-order valence-corrected chi connectivity index (χ0v) is 11.0. The van der Waals surface area contributed by atoms with Crippen molar-refractivity contribution < 1.29 is 4.74 Å². The Hall–Kier alpha value is 0.130. The molecule has 0 radical (unpaired) electrons. The Labute approximate surface area is 100 Å². The summed E-state index contributed by atoms with van der Waals surface area (Å²) in [5.41, 5.74) is 1.27. The zero-order chi connectivity index (χ0) is 10.4. The van der Waals surface area contributed by atoms with Gasteiger partial charge in [-0.15, -0.1) is 0 Å². The number of halogens is 1. The quantitative estimate of drug-likeness (QED) is 0.479. The number of hydrogen-bond acceptors (Lipinski definition) is 2. The summed E-state index contributed by atoms with van der Waals surface area (Å²) in [4.78, 5) is 0. The molecule has 1 N–H and O–H groups in total. The van der Waals surface area contributed by atoms with E-state index >= 15 is 0 Å². The molecule has 1 aliphatic rings. The highest BCUT2D eigenvalue weighted by Crippen LogP contribution is 2.23. The minimum Gasteiger partial charge on any atom is -0.374 e. The van der Waals surface area contributed by atoms with Crippen LogP contribution in [-0.2, 0) is 4.74 Å². The van der Waals surface area contributed by atoms with Crippen LogP contribution in [0.4, 0.5) is 0 Å². The molecule has 0 bridgehead atoms. The molecule has 0 saturated heterocycles. The van der Waals surface area contributed by atoms with E-state index in [0.717, 1.165) is 19.4 Å². The van der Waals surface area contributed by atoms with Crippen LogP contribution in [0.5, 0.6) is 0 Å². The van der Waals surface area contributed by atoms with Crippen molar-refractivity contribution in [3.05, 3.63) is 23.8 Å². The molecule has 0 atom stereocenters. The van der Waals surface area contributed by atoms with Crippen LogP contribution in [0.15, 0.2) is 23.8 Å². The topological polar surface area (TPSA) is 21.3 Å². The first-order valence-electron chi connectivity index (χ1n) is 5.03. The largest absolute Gasteiger partial charge is 0.374 e. The molecule has 3 heteroatoms. The third kappa shape index (κ3) is 4.11. The molecule has 0 aliphatic heterocycles. The van der Waals surface area contributed by atoms with Gasteiger partial charge in [0.2, 0.25) is 0 Å². The molecule has 1 aliphatic carbocycles. The lowest BCUT2D eigenvalue weighted by molar-refractivity contribution is 0.00476. The lowest BCUT2D eigenvalue weighted by Gasteiger charge is -2.33. The Bertz CT molecular complexity index is 219. The van der Waals surface area contributed by atoms with Gasteiger partial charge in [0.05, 0.1) is 12.7 Å². The number of allylic oxidation sites excluding steroid dienone is 3. The third-order valence-electron chi connectivity index (χ3n) is 2.42. The second-order valence-electron chi connectivity index (χ2n) is 3.68. The fourth-order valence-corrected chi connectivity index (χ4v) is 1.95. The molecule has 0 amide bonds. The molecule has 1 rings (SSSR count).